The van der Waals surface area contributed by atoms with Gasteiger partial charge in [0, 0.05) is 12.5 Å². The highest BCUT2D eigenvalue weighted by Crippen LogP contribution is 2.22. The lowest BCUT2D eigenvalue weighted by molar-refractivity contribution is -0.140. The van der Waals surface area contributed by atoms with E-state index in [0.717, 1.165) is 0 Å². The van der Waals surface area contributed by atoms with Gasteiger partial charge in [-0.25, -0.2) is 4.79 Å². The van der Waals surface area contributed by atoms with Crippen molar-refractivity contribution in [1.29, 1.82) is 0 Å². The molecule has 0 spiro atoms. The summed E-state index contributed by atoms with van der Waals surface area (Å²) in [5.41, 5.74) is 0.670. The van der Waals surface area contributed by atoms with Crippen molar-refractivity contribution in [3.63, 3.8) is 0 Å². The summed E-state index contributed by atoms with van der Waals surface area (Å²) in [5.74, 6) is 0.819. The molecule has 0 saturated carbocycles. The molecule has 0 aliphatic carbocycles. The van der Waals surface area contributed by atoms with Gasteiger partial charge in [-0.2, -0.15) is 0 Å². The van der Waals surface area contributed by atoms with Crippen LogP contribution in [0.3, 0.4) is 0 Å². The highest BCUT2D eigenvalue weighted by atomic mass is 16.7. The van der Waals surface area contributed by atoms with Crippen LogP contribution in [0.5, 0.6) is 11.5 Å². The Morgan fingerprint density at radius 1 is 1.31 bits per heavy atom. The molecule has 5 heteroatoms. The summed E-state index contributed by atoms with van der Waals surface area (Å²) in [6.45, 7) is 1.28. The van der Waals surface area contributed by atoms with Crippen molar-refractivity contribution in [3.8, 4) is 11.5 Å². The molecule has 1 rings (SSSR count). The van der Waals surface area contributed by atoms with Gasteiger partial charge in [0.25, 0.3) is 0 Å². The summed E-state index contributed by atoms with van der Waals surface area (Å²) >= 11 is 0. The molecule has 0 aliphatic rings. The van der Waals surface area contributed by atoms with Crippen molar-refractivity contribution in [1.82, 2.24) is 0 Å². The van der Waals surface area contributed by atoms with E-state index in [-0.39, 0.29) is 0 Å². The van der Waals surface area contributed by atoms with Crippen LogP contribution >= 0.6 is 0 Å². The fourth-order valence-electron chi connectivity index (χ4n) is 1.10. The minimum Gasteiger partial charge on any atom is -0.497 e. The Morgan fingerprint density at radius 2 is 2.06 bits per heavy atom. The van der Waals surface area contributed by atoms with Gasteiger partial charge < -0.3 is 14.3 Å². The summed E-state index contributed by atoms with van der Waals surface area (Å²) in [7, 11) is 3.11. The van der Waals surface area contributed by atoms with Gasteiger partial charge in [-0.3, -0.25) is 0 Å². The smallest absolute Gasteiger partial charge is 0.331 e. The number of nitrogens with zero attached hydrogens (tertiary/aromatic N) is 1. The Bertz CT molecular complexity index is 401. The molecular weight excluding hydrogens is 210 g/mol. The van der Waals surface area contributed by atoms with Crippen LogP contribution in [0.1, 0.15) is 12.5 Å². The minimum absolute atomic E-state index is 0.474. The molecule has 16 heavy (non-hydrogen) atoms. The first-order valence-corrected chi connectivity index (χ1v) is 4.60. The Labute approximate surface area is 93.6 Å². The number of benzene rings is 1. The maximum atomic E-state index is 10.5. The molecule has 0 amide bonds. The lowest BCUT2D eigenvalue weighted by Crippen LogP contribution is -1.95. The number of hydrogen-bond acceptors (Lipinski definition) is 5. The third-order valence-corrected chi connectivity index (χ3v) is 1.81. The quantitative estimate of drug-likeness (QED) is 0.442. The predicted octanol–water partition coefficient (Wildman–Crippen LogP) is 1.60. The molecule has 0 unspecified atom stereocenters. The van der Waals surface area contributed by atoms with E-state index in [1.165, 1.54) is 13.1 Å². The predicted molar refractivity (Wildman–Crippen MR) is 58.9 cm³/mol. The molecule has 0 fully saturated rings. The molecular formula is C11H13NO4. The fraction of sp³-hybridized carbons (Fsp3) is 0.273. The Balaban J connectivity index is 2.90. The second kappa shape index (κ2) is 5.75. The zero-order chi connectivity index (χ0) is 12.0. The SMILES string of the molecule is COc1ccc(OC)c(C=NOC(C)=O)c1. The van der Waals surface area contributed by atoms with E-state index in [9.17, 15) is 4.79 Å². The van der Waals surface area contributed by atoms with Crippen LogP contribution < -0.4 is 9.47 Å². The summed E-state index contributed by atoms with van der Waals surface area (Å²) in [4.78, 5) is 15.0. The summed E-state index contributed by atoms with van der Waals surface area (Å²) in [6, 6.07) is 5.24. The van der Waals surface area contributed by atoms with Gasteiger partial charge in [0.05, 0.1) is 20.4 Å². The monoisotopic (exact) mass is 223 g/mol. The van der Waals surface area contributed by atoms with Gasteiger partial charge in [-0.1, -0.05) is 5.16 Å². The van der Waals surface area contributed by atoms with Gasteiger partial charge in [0.2, 0.25) is 0 Å². The summed E-state index contributed by atoms with van der Waals surface area (Å²) < 4.78 is 10.2. The first-order valence-electron chi connectivity index (χ1n) is 4.60. The first kappa shape index (κ1) is 12.0. The van der Waals surface area contributed by atoms with E-state index in [2.05, 4.69) is 9.99 Å². The van der Waals surface area contributed by atoms with Gasteiger partial charge in [-0.05, 0) is 18.2 Å². The van der Waals surface area contributed by atoms with Gasteiger partial charge in [0.1, 0.15) is 11.5 Å². The zero-order valence-corrected chi connectivity index (χ0v) is 9.39. The highest BCUT2D eigenvalue weighted by Gasteiger charge is 2.02. The molecule has 1 aromatic carbocycles. The van der Waals surface area contributed by atoms with E-state index in [0.29, 0.717) is 17.1 Å². The third-order valence-electron chi connectivity index (χ3n) is 1.81. The highest BCUT2D eigenvalue weighted by molar-refractivity contribution is 5.84. The minimum atomic E-state index is -0.474. The van der Waals surface area contributed by atoms with E-state index >= 15 is 0 Å². The fourth-order valence-corrected chi connectivity index (χ4v) is 1.10. The third kappa shape index (κ3) is 3.27. The molecule has 1 aromatic rings. The molecule has 5 nitrogen and oxygen atoms in total. The molecule has 0 heterocycles. The normalized spacial score (nSPS) is 10.2. The van der Waals surface area contributed by atoms with E-state index in [1.807, 2.05) is 0 Å². The molecule has 0 N–H and O–H groups in total. The van der Waals surface area contributed by atoms with Crippen LogP contribution in [0.4, 0.5) is 0 Å². The maximum Gasteiger partial charge on any atom is 0.331 e. The second-order valence-corrected chi connectivity index (χ2v) is 2.93. The topological polar surface area (TPSA) is 57.1 Å². The van der Waals surface area contributed by atoms with Crippen molar-refractivity contribution < 1.29 is 19.1 Å². The Hall–Kier alpha value is -2.04. The Kier molecular flexibility index (Phi) is 4.32. The summed E-state index contributed by atoms with van der Waals surface area (Å²) in [6.07, 6.45) is 1.39. The van der Waals surface area contributed by atoms with Crippen LogP contribution in [0.15, 0.2) is 23.4 Å². The number of methoxy groups -OCH3 is 2. The van der Waals surface area contributed by atoms with E-state index in [1.54, 1.807) is 32.4 Å². The maximum absolute atomic E-state index is 10.5. The molecule has 0 bridgehead atoms. The van der Waals surface area contributed by atoms with Crippen molar-refractivity contribution in [3.05, 3.63) is 23.8 Å². The average molecular weight is 223 g/mol. The number of ether oxygens (including phenoxy) is 2. The van der Waals surface area contributed by atoms with Crippen molar-refractivity contribution in [2.45, 2.75) is 6.92 Å². The lowest BCUT2D eigenvalue weighted by Gasteiger charge is -2.06. The average Bonchev–Trinajstić information content (AvgIpc) is 2.28. The largest absolute Gasteiger partial charge is 0.497 e. The molecule has 86 valence electrons. The van der Waals surface area contributed by atoms with Crippen LogP contribution in [0, 0.1) is 0 Å². The second-order valence-electron chi connectivity index (χ2n) is 2.93. The zero-order valence-electron chi connectivity index (χ0n) is 9.39. The van der Waals surface area contributed by atoms with Crippen molar-refractivity contribution in [2.24, 2.45) is 5.16 Å². The summed E-state index contributed by atoms with van der Waals surface area (Å²) in [5, 5.41) is 3.52. The molecule has 0 saturated heterocycles. The van der Waals surface area contributed by atoms with Crippen LogP contribution in [-0.4, -0.2) is 26.4 Å². The number of oxime groups is 1. The van der Waals surface area contributed by atoms with Crippen molar-refractivity contribution in [2.75, 3.05) is 14.2 Å². The van der Waals surface area contributed by atoms with Crippen molar-refractivity contribution >= 4 is 12.2 Å². The molecule has 0 radical (unpaired) electrons. The van der Waals surface area contributed by atoms with Gasteiger partial charge >= 0.3 is 5.97 Å². The van der Waals surface area contributed by atoms with Crippen LogP contribution in [0.2, 0.25) is 0 Å². The van der Waals surface area contributed by atoms with Crippen LogP contribution in [0.25, 0.3) is 0 Å². The molecule has 0 aliphatic heterocycles. The number of rotatable bonds is 4. The standard InChI is InChI=1S/C11H13NO4/c1-8(13)16-12-7-9-6-10(14-2)4-5-11(9)15-3/h4-7H,1-3H3. The first-order chi connectivity index (χ1) is 7.67. The molecule has 0 atom stereocenters. The molecule has 0 aromatic heterocycles. The van der Waals surface area contributed by atoms with E-state index < -0.39 is 5.97 Å². The van der Waals surface area contributed by atoms with Gasteiger partial charge in [0.15, 0.2) is 0 Å². The Morgan fingerprint density at radius 3 is 2.62 bits per heavy atom. The number of carbonyl (C=O) groups excluding carboxylic acids is 1. The number of hydrogen-bond donors (Lipinski definition) is 0. The lowest BCUT2D eigenvalue weighted by atomic mass is 10.2. The van der Waals surface area contributed by atoms with Crippen LogP contribution in [-0.2, 0) is 9.63 Å². The number of carbonyl (C=O) groups is 1. The van der Waals surface area contributed by atoms with Gasteiger partial charge in [-0.15, -0.1) is 0 Å². The van der Waals surface area contributed by atoms with E-state index in [4.69, 9.17) is 9.47 Å².